The van der Waals surface area contributed by atoms with E-state index in [1.54, 1.807) is 11.8 Å². The maximum Gasteiger partial charge on any atom is 0.248 e. The van der Waals surface area contributed by atoms with Gasteiger partial charge in [0.05, 0.1) is 11.6 Å². The number of aromatic amines is 1. The van der Waals surface area contributed by atoms with Crippen LogP contribution < -0.4 is 11.1 Å². The summed E-state index contributed by atoms with van der Waals surface area (Å²) in [6.45, 7) is 4.13. The Morgan fingerprint density at radius 2 is 1.83 bits per heavy atom. The molecule has 0 aliphatic carbocycles. The number of nitriles is 1. The minimum Gasteiger partial charge on any atom is -0.368 e. The third-order valence-corrected chi connectivity index (χ3v) is 4.78. The van der Waals surface area contributed by atoms with Crippen LogP contribution in [-0.4, -0.2) is 15.2 Å². The molecule has 6 nitrogen and oxygen atoms in total. The molecular weight excluding hydrogens is 320 g/mol. The molecular formula is C17H16N6S. The van der Waals surface area contributed by atoms with Crippen molar-refractivity contribution in [3.63, 3.8) is 0 Å². The molecule has 0 aliphatic rings. The molecule has 120 valence electrons. The third kappa shape index (κ3) is 3.50. The lowest BCUT2D eigenvalue weighted by molar-refractivity contribution is 1.10. The number of nitrogens with one attached hydrogen (secondary N) is 2. The molecule has 0 saturated heterocycles. The van der Waals surface area contributed by atoms with Gasteiger partial charge in [-0.2, -0.15) is 10.2 Å². The summed E-state index contributed by atoms with van der Waals surface area (Å²) in [5, 5.41) is 18.6. The Bertz CT molecular complexity index is 885. The Labute approximate surface area is 144 Å². The summed E-state index contributed by atoms with van der Waals surface area (Å²) in [5.41, 5.74) is 9.40. The van der Waals surface area contributed by atoms with Crippen molar-refractivity contribution in [2.24, 2.45) is 0 Å². The van der Waals surface area contributed by atoms with Gasteiger partial charge in [0, 0.05) is 15.5 Å². The maximum atomic E-state index is 8.88. The van der Waals surface area contributed by atoms with Crippen molar-refractivity contribution < 1.29 is 0 Å². The normalized spacial score (nSPS) is 10.4. The number of aromatic nitrogens is 3. The van der Waals surface area contributed by atoms with E-state index in [4.69, 9.17) is 11.0 Å². The van der Waals surface area contributed by atoms with E-state index < -0.39 is 0 Å². The van der Waals surface area contributed by atoms with Crippen LogP contribution >= 0.6 is 11.8 Å². The first kappa shape index (κ1) is 15.9. The van der Waals surface area contributed by atoms with E-state index in [-0.39, 0.29) is 5.95 Å². The van der Waals surface area contributed by atoms with Crippen LogP contribution in [0.2, 0.25) is 0 Å². The monoisotopic (exact) mass is 336 g/mol. The Balaban J connectivity index is 1.82. The quantitative estimate of drug-likeness (QED) is 0.670. The lowest BCUT2D eigenvalue weighted by Gasteiger charge is -2.12. The van der Waals surface area contributed by atoms with Crippen molar-refractivity contribution in [1.82, 2.24) is 15.2 Å². The van der Waals surface area contributed by atoms with Gasteiger partial charge in [-0.1, -0.05) is 11.8 Å². The molecule has 0 bridgehead atoms. The van der Waals surface area contributed by atoms with Crippen molar-refractivity contribution in [2.75, 3.05) is 11.1 Å². The van der Waals surface area contributed by atoms with Crippen LogP contribution in [0.25, 0.3) is 0 Å². The summed E-state index contributed by atoms with van der Waals surface area (Å²) >= 11 is 1.68. The van der Waals surface area contributed by atoms with E-state index in [0.29, 0.717) is 11.5 Å². The molecule has 0 unspecified atom stereocenters. The predicted molar refractivity (Wildman–Crippen MR) is 95.3 cm³/mol. The van der Waals surface area contributed by atoms with E-state index in [1.165, 1.54) is 4.90 Å². The first-order chi connectivity index (χ1) is 11.5. The first-order valence-electron chi connectivity index (χ1n) is 7.29. The Morgan fingerprint density at radius 3 is 2.38 bits per heavy atom. The first-order valence-corrected chi connectivity index (χ1v) is 8.11. The van der Waals surface area contributed by atoms with Crippen LogP contribution in [-0.2, 0) is 0 Å². The Hall–Kier alpha value is -2.98. The Morgan fingerprint density at radius 1 is 1.17 bits per heavy atom. The van der Waals surface area contributed by atoms with Crippen molar-refractivity contribution in [3.8, 4) is 6.07 Å². The molecule has 3 rings (SSSR count). The highest BCUT2D eigenvalue weighted by Gasteiger charge is 2.09. The molecule has 0 spiro atoms. The second-order valence-corrected chi connectivity index (χ2v) is 6.43. The van der Waals surface area contributed by atoms with Crippen molar-refractivity contribution in [3.05, 3.63) is 53.1 Å². The van der Waals surface area contributed by atoms with Gasteiger partial charge in [-0.3, -0.25) is 0 Å². The van der Waals surface area contributed by atoms with Crippen LogP contribution in [0.5, 0.6) is 0 Å². The van der Waals surface area contributed by atoms with Gasteiger partial charge in [0.2, 0.25) is 11.9 Å². The fourth-order valence-electron chi connectivity index (χ4n) is 2.36. The highest BCUT2D eigenvalue weighted by Crippen LogP contribution is 2.35. The average Bonchev–Trinajstić information content (AvgIpc) is 2.96. The number of nitrogen functional groups attached to an aromatic ring is 1. The molecule has 1 heterocycles. The summed E-state index contributed by atoms with van der Waals surface area (Å²) in [7, 11) is 0. The zero-order chi connectivity index (χ0) is 17.1. The van der Waals surface area contributed by atoms with Crippen LogP contribution in [0, 0.1) is 25.2 Å². The topological polar surface area (TPSA) is 103 Å². The van der Waals surface area contributed by atoms with Crippen LogP contribution in [0.15, 0.2) is 46.2 Å². The molecule has 0 atom stereocenters. The second kappa shape index (κ2) is 6.64. The second-order valence-electron chi connectivity index (χ2n) is 5.35. The number of aryl methyl sites for hydroxylation is 2. The fraction of sp³-hybridized carbons (Fsp3) is 0.118. The number of rotatable bonds is 4. The van der Waals surface area contributed by atoms with E-state index in [1.807, 2.05) is 36.4 Å². The number of nitrogens with zero attached hydrogens (tertiary/aromatic N) is 3. The molecule has 0 fully saturated rings. The smallest absolute Gasteiger partial charge is 0.248 e. The van der Waals surface area contributed by atoms with Crippen molar-refractivity contribution in [2.45, 2.75) is 23.6 Å². The van der Waals surface area contributed by atoms with Crippen LogP contribution in [0.4, 0.5) is 17.6 Å². The van der Waals surface area contributed by atoms with E-state index >= 15 is 0 Å². The van der Waals surface area contributed by atoms with Crippen LogP contribution in [0.1, 0.15) is 16.7 Å². The van der Waals surface area contributed by atoms with Crippen LogP contribution in [0.3, 0.4) is 0 Å². The van der Waals surface area contributed by atoms with Gasteiger partial charge in [-0.05, 0) is 61.4 Å². The third-order valence-electron chi connectivity index (χ3n) is 3.42. The molecule has 2 aromatic carbocycles. The molecule has 0 amide bonds. The molecule has 3 aromatic rings. The molecule has 4 N–H and O–H groups in total. The largest absolute Gasteiger partial charge is 0.368 e. The van der Waals surface area contributed by atoms with E-state index in [2.05, 4.69) is 40.4 Å². The molecule has 24 heavy (non-hydrogen) atoms. The summed E-state index contributed by atoms with van der Waals surface area (Å²) in [6.07, 6.45) is 0. The van der Waals surface area contributed by atoms with Gasteiger partial charge < -0.3 is 11.1 Å². The number of nitrogens with two attached hydrogens (primary N) is 1. The fourth-order valence-corrected chi connectivity index (χ4v) is 3.31. The molecule has 7 heteroatoms. The van der Waals surface area contributed by atoms with Gasteiger partial charge >= 0.3 is 0 Å². The summed E-state index contributed by atoms with van der Waals surface area (Å²) in [4.78, 5) is 6.33. The summed E-state index contributed by atoms with van der Waals surface area (Å²) in [5.74, 6) is 0.720. The summed E-state index contributed by atoms with van der Waals surface area (Å²) in [6, 6.07) is 13.8. The minimum absolute atomic E-state index is 0.277. The Kier molecular flexibility index (Phi) is 4.40. The lowest BCUT2D eigenvalue weighted by atomic mass is 10.1. The van der Waals surface area contributed by atoms with Gasteiger partial charge in [0.15, 0.2) is 0 Å². The maximum absolute atomic E-state index is 8.88. The predicted octanol–water partition coefficient (Wildman–Crippen LogP) is 3.77. The molecule has 0 aliphatic heterocycles. The lowest BCUT2D eigenvalue weighted by Crippen LogP contribution is -1.96. The molecule has 0 saturated carbocycles. The number of H-pyrrole nitrogens is 1. The SMILES string of the molecule is Cc1cc(Nc2n[nH]c(N)n2)cc(C)c1Sc1ccc(C#N)cc1. The highest BCUT2D eigenvalue weighted by atomic mass is 32.2. The van der Waals surface area contributed by atoms with E-state index in [0.717, 1.165) is 21.7 Å². The van der Waals surface area contributed by atoms with Gasteiger partial charge in [0.1, 0.15) is 0 Å². The van der Waals surface area contributed by atoms with Gasteiger partial charge in [-0.15, -0.1) is 5.10 Å². The highest BCUT2D eigenvalue weighted by molar-refractivity contribution is 7.99. The number of hydrogen-bond acceptors (Lipinski definition) is 6. The number of benzene rings is 2. The van der Waals surface area contributed by atoms with Gasteiger partial charge in [-0.25, -0.2) is 5.10 Å². The zero-order valence-corrected chi connectivity index (χ0v) is 14.1. The zero-order valence-electron chi connectivity index (χ0n) is 13.3. The minimum atomic E-state index is 0.277. The molecule has 0 radical (unpaired) electrons. The number of hydrogen-bond donors (Lipinski definition) is 3. The van der Waals surface area contributed by atoms with E-state index in [9.17, 15) is 0 Å². The summed E-state index contributed by atoms with van der Waals surface area (Å²) < 4.78 is 0. The van der Waals surface area contributed by atoms with Crippen molar-refractivity contribution >= 4 is 29.3 Å². The number of anilines is 3. The standard InChI is InChI=1S/C17H16N6S/c1-10-7-13(20-17-21-16(19)22-23-17)8-11(2)15(10)24-14-5-3-12(9-18)4-6-14/h3-8H,1-2H3,(H4,19,20,21,22,23). The average molecular weight is 336 g/mol. The molecule has 1 aromatic heterocycles. The van der Waals surface area contributed by atoms with Gasteiger partial charge in [0.25, 0.3) is 0 Å². The van der Waals surface area contributed by atoms with Crippen molar-refractivity contribution in [1.29, 1.82) is 5.26 Å².